The van der Waals surface area contributed by atoms with Crippen molar-refractivity contribution >= 4 is 22.7 Å². The van der Waals surface area contributed by atoms with Crippen molar-refractivity contribution in [3.05, 3.63) is 71.9 Å². The average molecular weight is 280 g/mol. The average Bonchev–Trinajstić information content (AvgIpc) is 2.53. The van der Waals surface area contributed by atoms with Crippen molar-refractivity contribution in [3.63, 3.8) is 0 Å². The number of pyridine rings is 1. The van der Waals surface area contributed by atoms with Crippen LogP contribution in [0, 0.1) is 0 Å². The fourth-order valence-electron chi connectivity index (χ4n) is 2.20. The molecule has 0 unspecified atom stereocenters. The number of hydrogen-bond donors (Lipinski definition) is 1. The predicted molar refractivity (Wildman–Crippen MR) is 85.6 cm³/mol. The largest absolute Gasteiger partial charge is 0.326 e. The summed E-state index contributed by atoms with van der Waals surface area (Å²) in [5.74, 6) is 0.942. The van der Waals surface area contributed by atoms with Crippen LogP contribution in [0.5, 0.6) is 0 Å². The first-order chi connectivity index (χ1) is 9.86. The summed E-state index contributed by atoms with van der Waals surface area (Å²) in [6.07, 6.45) is 1.88. The van der Waals surface area contributed by atoms with E-state index in [9.17, 15) is 0 Å². The molecule has 2 nitrogen and oxygen atoms in total. The lowest BCUT2D eigenvalue weighted by molar-refractivity contribution is 1.06. The highest BCUT2D eigenvalue weighted by Gasteiger charge is 2.02. The van der Waals surface area contributed by atoms with Gasteiger partial charge in [-0.2, -0.15) is 0 Å². The molecule has 0 fully saturated rings. The van der Waals surface area contributed by atoms with Gasteiger partial charge in [0.25, 0.3) is 0 Å². The summed E-state index contributed by atoms with van der Waals surface area (Å²) in [5, 5.41) is 1.23. The second kappa shape index (κ2) is 6.07. The fourth-order valence-corrected chi connectivity index (χ4v) is 3.19. The number of nitrogens with two attached hydrogens (primary N) is 1. The van der Waals surface area contributed by atoms with Gasteiger partial charge in [-0.05, 0) is 35.4 Å². The van der Waals surface area contributed by atoms with Crippen LogP contribution >= 0.6 is 11.8 Å². The molecular formula is C17H16N2S. The summed E-state index contributed by atoms with van der Waals surface area (Å²) in [6.45, 7) is 0.590. The van der Waals surface area contributed by atoms with Crippen molar-refractivity contribution < 1.29 is 0 Å². The second-order valence-electron chi connectivity index (χ2n) is 4.63. The van der Waals surface area contributed by atoms with Crippen LogP contribution in [0.3, 0.4) is 0 Å². The van der Waals surface area contributed by atoms with Gasteiger partial charge in [-0.25, -0.2) is 0 Å². The topological polar surface area (TPSA) is 38.9 Å². The lowest BCUT2D eigenvalue weighted by atomic mass is 10.1. The first-order valence-corrected chi connectivity index (χ1v) is 7.60. The van der Waals surface area contributed by atoms with Crippen LogP contribution in [0.15, 0.2) is 65.7 Å². The highest BCUT2D eigenvalue weighted by atomic mass is 32.2. The van der Waals surface area contributed by atoms with Crippen LogP contribution in [-0.4, -0.2) is 4.98 Å². The summed E-state index contributed by atoms with van der Waals surface area (Å²) >= 11 is 1.83. The highest BCUT2D eigenvalue weighted by molar-refractivity contribution is 7.98. The molecule has 0 aliphatic carbocycles. The first-order valence-electron chi connectivity index (χ1n) is 6.61. The van der Waals surface area contributed by atoms with Gasteiger partial charge < -0.3 is 5.73 Å². The molecular weight excluding hydrogens is 264 g/mol. The molecule has 0 spiro atoms. The van der Waals surface area contributed by atoms with Crippen molar-refractivity contribution in [1.82, 2.24) is 4.98 Å². The minimum Gasteiger partial charge on any atom is -0.326 e. The van der Waals surface area contributed by atoms with Crippen molar-refractivity contribution in [2.45, 2.75) is 17.2 Å². The van der Waals surface area contributed by atoms with Gasteiger partial charge in [0.05, 0.1) is 5.52 Å². The zero-order valence-electron chi connectivity index (χ0n) is 11.1. The Kier molecular flexibility index (Phi) is 4.00. The van der Waals surface area contributed by atoms with E-state index in [0.717, 1.165) is 11.3 Å². The molecule has 2 aromatic carbocycles. The number of nitrogens with zero attached hydrogens (tertiary/aromatic N) is 1. The molecule has 0 aliphatic rings. The molecule has 20 heavy (non-hydrogen) atoms. The summed E-state index contributed by atoms with van der Waals surface area (Å²) < 4.78 is 0. The number of aromatic nitrogens is 1. The molecule has 3 heteroatoms. The van der Waals surface area contributed by atoms with Gasteiger partial charge in [0.1, 0.15) is 0 Å². The number of fused-ring (bicyclic) bond motifs is 1. The van der Waals surface area contributed by atoms with E-state index in [4.69, 9.17) is 5.73 Å². The fraction of sp³-hybridized carbons (Fsp3) is 0.118. The number of thioether (sulfide) groups is 1. The smallest absolute Gasteiger partial charge is 0.0705 e. The summed E-state index contributed by atoms with van der Waals surface area (Å²) in [7, 11) is 0. The lowest BCUT2D eigenvalue weighted by Gasteiger charge is -2.07. The van der Waals surface area contributed by atoms with Gasteiger partial charge in [-0.15, -0.1) is 11.8 Å². The van der Waals surface area contributed by atoms with E-state index in [1.165, 1.54) is 21.4 Å². The predicted octanol–water partition coefficient (Wildman–Crippen LogP) is 3.99. The molecule has 0 saturated carbocycles. The minimum absolute atomic E-state index is 0.590. The summed E-state index contributed by atoms with van der Waals surface area (Å²) in [4.78, 5) is 5.66. The molecule has 2 N–H and O–H groups in total. The molecule has 0 aliphatic heterocycles. The number of hydrogen-bond acceptors (Lipinski definition) is 3. The molecule has 0 saturated heterocycles. The maximum atomic E-state index is 5.68. The Morgan fingerprint density at radius 1 is 1.00 bits per heavy atom. The Hall–Kier alpha value is -1.84. The molecule has 3 rings (SSSR count). The molecule has 3 aromatic rings. The van der Waals surface area contributed by atoms with Gasteiger partial charge in [0.15, 0.2) is 0 Å². The SMILES string of the molecule is NCc1cccc(SCc2ccnc3ccccc23)c1. The number of benzene rings is 2. The Labute approximate surface area is 123 Å². The van der Waals surface area contributed by atoms with Gasteiger partial charge >= 0.3 is 0 Å². The Morgan fingerprint density at radius 2 is 1.90 bits per heavy atom. The number of rotatable bonds is 4. The maximum absolute atomic E-state index is 5.68. The standard InChI is InChI=1S/C17H16N2S/c18-11-13-4-3-5-15(10-13)20-12-14-8-9-19-17-7-2-1-6-16(14)17/h1-10H,11-12,18H2. The van der Waals surface area contributed by atoms with E-state index in [2.05, 4.69) is 53.5 Å². The summed E-state index contributed by atoms with van der Waals surface area (Å²) in [5.41, 5.74) is 9.23. The van der Waals surface area contributed by atoms with Crippen LogP contribution in [0.25, 0.3) is 10.9 Å². The van der Waals surface area contributed by atoms with Crippen LogP contribution in [0.1, 0.15) is 11.1 Å². The molecule has 1 aromatic heterocycles. The van der Waals surface area contributed by atoms with E-state index in [1.807, 2.05) is 24.0 Å². The van der Waals surface area contributed by atoms with Crippen molar-refractivity contribution in [3.8, 4) is 0 Å². The van der Waals surface area contributed by atoms with E-state index in [-0.39, 0.29) is 0 Å². The molecule has 0 radical (unpaired) electrons. The Bertz CT molecular complexity index is 720. The van der Waals surface area contributed by atoms with Crippen LogP contribution in [0.4, 0.5) is 0 Å². The van der Waals surface area contributed by atoms with Gasteiger partial charge in [-0.1, -0.05) is 30.3 Å². The second-order valence-corrected chi connectivity index (χ2v) is 5.68. The van der Waals surface area contributed by atoms with E-state index in [0.29, 0.717) is 6.54 Å². The minimum atomic E-state index is 0.590. The Morgan fingerprint density at radius 3 is 2.80 bits per heavy atom. The first kappa shape index (κ1) is 13.2. The van der Waals surface area contributed by atoms with Crippen LogP contribution < -0.4 is 5.73 Å². The highest BCUT2D eigenvalue weighted by Crippen LogP contribution is 2.26. The number of para-hydroxylation sites is 1. The van der Waals surface area contributed by atoms with Crippen molar-refractivity contribution in [2.24, 2.45) is 5.73 Å². The van der Waals surface area contributed by atoms with E-state index < -0.39 is 0 Å². The summed E-state index contributed by atoms with van der Waals surface area (Å²) in [6, 6.07) is 18.8. The quantitative estimate of drug-likeness (QED) is 0.735. The third-order valence-electron chi connectivity index (χ3n) is 3.27. The molecule has 0 atom stereocenters. The molecule has 100 valence electrons. The monoisotopic (exact) mass is 280 g/mol. The van der Waals surface area contributed by atoms with E-state index >= 15 is 0 Å². The van der Waals surface area contributed by atoms with Gasteiger partial charge in [-0.3, -0.25) is 4.98 Å². The third kappa shape index (κ3) is 2.84. The zero-order valence-corrected chi connectivity index (χ0v) is 11.9. The molecule has 1 heterocycles. The van der Waals surface area contributed by atoms with Gasteiger partial charge in [0.2, 0.25) is 0 Å². The van der Waals surface area contributed by atoms with Gasteiger partial charge in [0, 0.05) is 28.8 Å². The van der Waals surface area contributed by atoms with Crippen molar-refractivity contribution in [1.29, 1.82) is 0 Å². The Balaban J connectivity index is 1.83. The lowest BCUT2D eigenvalue weighted by Crippen LogP contribution is -1.95. The van der Waals surface area contributed by atoms with Crippen molar-refractivity contribution in [2.75, 3.05) is 0 Å². The zero-order chi connectivity index (χ0) is 13.8. The molecule has 0 bridgehead atoms. The van der Waals surface area contributed by atoms with E-state index in [1.54, 1.807) is 0 Å². The normalized spacial score (nSPS) is 10.8. The van der Waals surface area contributed by atoms with Crippen LogP contribution in [0.2, 0.25) is 0 Å². The van der Waals surface area contributed by atoms with Crippen LogP contribution in [-0.2, 0) is 12.3 Å². The molecule has 0 amide bonds. The third-order valence-corrected chi connectivity index (χ3v) is 4.31. The maximum Gasteiger partial charge on any atom is 0.0705 e.